The zero-order chi connectivity index (χ0) is 24.9. The molecule has 2 aromatic rings. The lowest BCUT2D eigenvalue weighted by Crippen LogP contribution is -2.42. The molecule has 0 aromatic heterocycles. The van der Waals surface area contributed by atoms with E-state index in [9.17, 15) is 9.59 Å². The quantitative estimate of drug-likeness (QED) is 0.345. The molecular formula is C29H39NO5. The van der Waals surface area contributed by atoms with Gasteiger partial charge in [-0.2, -0.15) is 0 Å². The zero-order valence-corrected chi connectivity index (χ0v) is 21.1. The molecule has 0 radical (unpaired) electrons. The van der Waals surface area contributed by atoms with Crippen molar-refractivity contribution in [1.29, 1.82) is 0 Å². The summed E-state index contributed by atoms with van der Waals surface area (Å²) in [5, 5.41) is 3.23. The van der Waals surface area contributed by atoms with Gasteiger partial charge in [0.1, 0.15) is 11.5 Å². The summed E-state index contributed by atoms with van der Waals surface area (Å²) in [5.74, 6) is 1.26. The molecule has 1 N–H and O–H groups in total. The molecular weight excluding hydrogens is 442 g/mol. The first kappa shape index (κ1) is 26.6. The second kappa shape index (κ2) is 14.4. The van der Waals surface area contributed by atoms with Crippen molar-refractivity contribution in [1.82, 2.24) is 5.32 Å². The maximum absolute atomic E-state index is 13.1. The van der Waals surface area contributed by atoms with Gasteiger partial charge in [0.2, 0.25) is 0 Å². The van der Waals surface area contributed by atoms with Crippen LogP contribution in [-0.2, 0) is 4.74 Å². The fraction of sp³-hybridized carbons (Fsp3) is 0.517. The third-order valence-electron chi connectivity index (χ3n) is 6.31. The van der Waals surface area contributed by atoms with Crippen molar-refractivity contribution < 1.29 is 23.8 Å². The van der Waals surface area contributed by atoms with Gasteiger partial charge in [-0.1, -0.05) is 45.2 Å². The van der Waals surface area contributed by atoms with Crippen LogP contribution in [0.2, 0.25) is 0 Å². The van der Waals surface area contributed by atoms with Crippen LogP contribution in [0.5, 0.6) is 11.5 Å². The normalized spacial score (nSPS) is 14.7. The highest BCUT2D eigenvalue weighted by molar-refractivity contribution is 5.94. The van der Waals surface area contributed by atoms with Gasteiger partial charge in [0.05, 0.1) is 25.4 Å². The Bertz CT molecular complexity index is 938. The van der Waals surface area contributed by atoms with E-state index in [1.165, 1.54) is 19.3 Å². The number of carbonyl (C=O) groups is 2. The number of hydrogen-bond acceptors (Lipinski definition) is 5. The smallest absolute Gasteiger partial charge is 0.338 e. The maximum atomic E-state index is 13.1. The fourth-order valence-corrected chi connectivity index (χ4v) is 4.46. The summed E-state index contributed by atoms with van der Waals surface area (Å²) in [6, 6.07) is 14.3. The Hall–Kier alpha value is -3.02. The SMILES string of the molecule is CCCOc1cccc(C(=O)N[C@H](CCOC(=O)c2cccc(OCCC)c2)C2CCCCC2)c1. The van der Waals surface area contributed by atoms with Gasteiger partial charge in [-0.05, 0) is 68.0 Å². The standard InChI is InChI=1S/C29H39NO5/c1-3-17-33-25-14-8-12-23(20-25)28(31)30-27(22-10-6-5-7-11-22)16-19-35-29(32)24-13-9-15-26(21-24)34-18-4-2/h8-9,12-15,20-22,27H,3-7,10-11,16-19H2,1-2H3,(H,30,31)/t27-/m1/s1. The molecule has 1 atom stereocenters. The number of esters is 1. The van der Waals surface area contributed by atoms with Crippen LogP contribution in [0.25, 0.3) is 0 Å². The Kier molecular flexibility index (Phi) is 10.9. The Balaban J connectivity index is 1.59. The molecule has 1 aliphatic carbocycles. The average Bonchev–Trinajstić information content (AvgIpc) is 2.90. The lowest BCUT2D eigenvalue weighted by atomic mass is 9.82. The van der Waals surface area contributed by atoms with E-state index in [-0.39, 0.29) is 24.5 Å². The molecule has 190 valence electrons. The molecule has 1 saturated carbocycles. The molecule has 6 nitrogen and oxygen atoms in total. The minimum Gasteiger partial charge on any atom is -0.494 e. The second-order valence-electron chi connectivity index (χ2n) is 9.16. The van der Waals surface area contributed by atoms with Crippen molar-refractivity contribution >= 4 is 11.9 Å². The first-order valence-electron chi connectivity index (χ1n) is 13.0. The lowest BCUT2D eigenvalue weighted by Gasteiger charge is -2.31. The number of amides is 1. The Morgan fingerprint density at radius 2 is 1.46 bits per heavy atom. The van der Waals surface area contributed by atoms with Crippen LogP contribution in [-0.4, -0.2) is 37.7 Å². The summed E-state index contributed by atoms with van der Waals surface area (Å²) in [7, 11) is 0. The molecule has 35 heavy (non-hydrogen) atoms. The van der Waals surface area contributed by atoms with Crippen molar-refractivity contribution in [3.63, 3.8) is 0 Å². The van der Waals surface area contributed by atoms with Crippen LogP contribution in [0.4, 0.5) is 0 Å². The van der Waals surface area contributed by atoms with Crippen LogP contribution in [0.15, 0.2) is 48.5 Å². The van der Waals surface area contributed by atoms with E-state index in [0.29, 0.717) is 48.2 Å². The molecule has 6 heteroatoms. The van der Waals surface area contributed by atoms with E-state index in [4.69, 9.17) is 14.2 Å². The predicted molar refractivity (Wildman–Crippen MR) is 137 cm³/mol. The molecule has 0 bridgehead atoms. The van der Waals surface area contributed by atoms with Crippen molar-refractivity contribution in [2.45, 2.75) is 71.3 Å². The van der Waals surface area contributed by atoms with Crippen LogP contribution in [0.3, 0.4) is 0 Å². The van der Waals surface area contributed by atoms with Gasteiger partial charge in [-0.3, -0.25) is 4.79 Å². The third-order valence-corrected chi connectivity index (χ3v) is 6.31. The monoisotopic (exact) mass is 481 g/mol. The molecule has 1 fully saturated rings. The molecule has 0 saturated heterocycles. The Labute approximate surface area is 209 Å². The number of carbonyl (C=O) groups excluding carboxylic acids is 2. The molecule has 0 unspecified atom stereocenters. The van der Waals surface area contributed by atoms with Crippen LogP contribution in [0.1, 0.15) is 85.9 Å². The number of ether oxygens (including phenoxy) is 3. The van der Waals surface area contributed by atoms with E-state index in [1.54, 1.807) is 30.3 Å². The Morgan fingerprint density at radius 3 is 2.09 bits per heavy atom. The fourth-order valence-electron chi connectivity index (χ4n) is 4.46. The van der Waals surface area contributed by atoms with Crippen LogP contribution >= 0.6 is 0 Å². The van der Waals surface area contributed by atoms with Crippen LogP contribution in [0, 0.1) is 5.92 Å². The molecule has 0 aliphatic heterocycles. The van der Waals surface area contributed by atoms with Gasteiger partial charge >= 0.3 is 5.97 Å². The highest BCUT2D eigenvalue weighted by atomic mass is 16.5. The maximum Gasteiger partial charge on any atom is 0.338 e. The van der Waals surface area contributed by atoms with Gasteiger partial charge < -0.3 is 19.5 Å². The summed E-state index contributed by atoms with van der Waals surface area (Å²) in [5.41, 5.74) is 1.06. The van der Waals surface area contributed by atoms with Gasteiger partial charge in [0, 0.05) is 18.0 Å². The highest BCUT2D eigenvalue weighted by Gasteiger charge is 2.26. The minimum absolute atomic E-state index is 0.0463. The number of benzene rings is 2. The molecule has 0 spiro atoms. The first-order valence-corrected chi connectivity index (χ1v) is 13.0. The van der Waals surface area contributed by atoms with E-state index in [2.05, 4.69) is 12.2 Å². The summed E-state index contributed by atoms with van der Waals surface area (Å²) >= 11 is 0. The largest absolute Gasteiger partial charge is 0.494 e. The van der Waals surface area contributed by atoms with E-state index in [1.807, 2.05) is 25.1 Å². The van der Waals surface area contributed by atoms with Crippen molar-refractivity contribution in [2.24, 2.45) is 5.92 Å². The molecule has 1 aliphatic rings. The number of hydrogen-bond donors (Lipinski definition) is 1. The van der Waals surface area contributed by atoms with E-state index < -0.39 is 0 Å². The first-order chi connectivity index (χ1) is 17.1. The summed E-state index contributed by atoms with van der Waals surface area (Å²) in [6.45, 7) is 5.56. The molecule has 0 heterocycles. The van der Waals surface area contributed by atoms with Gasteiger partial charge in [-0.25, -0.2) is 4.79 Å². The van der Waals surface area contributed by atoms with Gasteiger partial charge in [-0.15, -0.1) is 0 Å². The number of rotatable bonds is 13. The third kappa shape index (κ3) is 8.61. The summed E-state index contributed by atoms with van der Waals surface area (Å²) in [4.78, 5) is 25.7. The van der Waals surface area contributed by atoms with Gasteiger partial charge in [0.25, 0.3) is 5.91 Å². The second-order valence-corrected chi connectivity index (χ2v) is 9.16. The van der Waals surface area contributed by atoms with Gasteiger partial charge in [0.15, 0.2) is 0 Å². The molecule has 1 amide bonds. The molecule has 2 aromatic carbocycles. The van der Waals surface area contributed by atoms with E-state index in [0.717, 1.165) is 25.7 Å². The topological polar surface area (TPSA) is 73.9 Å². The van der Waals surface area contributed by atoms with Crippen molar-refractivity contribution in [3.05, 3.63) is 59.7 Å². The number of nitrogens with one attached hydrogen (secondary N) is 1. The average molecular weight is 482 g/mol. The highest BCUT2D eigenvalue weighted by Crippen LogP contribution is 2.28. The lowest BCUT2D eigenvalue weighted by molar-refractivity contribution is 0.0474. The minimum atomic E-state index is -0.374. The van der Waals surface area contributed by atoms with Crippen molar-refractivity contribution in [2.75, 3.05) is 19.8 Å². The van der Waals surface area contributed by atoms with Crippen LogP contribution < -0.4 is 14.8 Å². The van der Waals surface area contributed by atoms with E-state index >= 15 is 0 Å². The van der Waals surface area contributed by atoms with Crippen molar-refractivity contribution in [3.8, 4) is 11.5 Å². The summed E-state index contributed by atoms with van der Waals surface area (Å²) < 4.78 is 16.9. The predicted octanol–water partition coefficient (Wildman–Crippen LogP) is 6.19. The summed E-state index contributed by atoms with van der Waals surface area (Å²) in [6.07, 6.45) is 8.13. The Morgan fingerprint density at radius 1 is 0.857 bits per heavy atom. The molecule has 3 rings (SSSR count). The zero-order valence-electron chi connectivity index (χ0n) is 21.1.